The molecular formula is C24H32N2O8S. The highest BCUT2D eigenvalue weighted by Gasteiger charge is 2.26. The van der Waals surface area contributed by atoms with Gasteiger partial charge in [-0.2, -0.15) is 0 Å². The summed E-state index contributed by atoms with van der Waals surface area (Å²) in [7, 11) is 2.54. The Kier molecular flexibility index (Phi) is 13.6. The summed E-state index contributed by atoms with van der Waals surface area (Å²) in [5.74, 6) is -3.03. The molecule has 11 heteroatoms. The van der Waals surface area contributed by atoms with Crippen LogP contribution in [0.5, 0.6) is 0 Å². The molecule has 0 saturated heterocycles. The standard InChI is InChI=1S/2C10H13NO4.C4H6S/c2*1-5-7(9(12)13)4-8(6(2)11-5)10(14)15-3;1-3-5-4-2/h2*11H,4H2,1-3H3,(H,12,13);3-4H,1-2H2. The summed E-state index contributed by atoms with van der Waals surface area (Å²) in [5, 5.41) is 27.0. The van der Waals surface area contributed by atoms with Gasteiger partial charge in [0.1, 0.15) is 0 Å². The number of hydrogen-bond acceptors (Lipinski definition) is 9. The number of esters is 2. The Balaban J connectivity index is 0.000000555. The van der Waals surface area contributed by atoms with E-state index in [1.54, 1.807) is 38.5 Å². The van der Waals surface area contributed by atoms with E-state index in [2.05, 4.69) is 33.3 Å². The molecule has 0 saturated carbocycles. The van der Waals surface area contributed by atoms with Gasteiger partial charge >= 0.3 is 23.9 Å². The monoisotopic (exact) mass is 508 g/mol. The van der Waals surface area contributed by atoms with Crippen LogP contribution in [0.3, 0.4) is 0 Å². The lowest BCUT2D eigenvalue weighted by molar-refractivity contribution is -0.137. The maximum atomic E-state index is 11.3. The van der Waals surface area contributed by atoms with E-state index >= 15 is 0 Å². The quantitative estimate of drug-likeness (QED) is 0.390. The number of carbonyl (C=O) groups excluding carboxylic acids is 2. The minimum atomic E-state index is -1.02. The predicted octanol–water partition coefficient (Wildman–Crippen LogP) is 3.58. The molecule has 192 valence electrons. The van der Waals surface area contributed by atoms with Crippen LogP contribution in [0.2, 0.25) is 0 Å². The molecule has 4 N–H and O–H groups in total. The van der Waals surface area contributed by atoms with Crippen molar-refractivity contribution in [3.8, 4) is 0 Å². The number of hydrogen-bond donors (Lipinski definition) is 4. The van der Waals surface area contributed by atoms with E-state index in [0.29, 0.717) is 33.9 Å². The summed E-state index contributed by atoms with van der Waals surface area (Å²) < 4.78 is 9.14. The number of carboxylic acids is 2. The van der Waals surface area contributed by atoms with Crippen molar-refractivity contribution < 1.29 is 38.9 Å². The second-order valence-corrected chi connectivity index (χ2v) is 8.02. The van der Waals surface area contributed by atoms with Crippen molar-refractivity contribution in [2.24, 2.45) is 0 Å². The summed E-state index contributed by atoms with van der Waals surface area (Å²) in [6.45, 7) is 13.7. The fourth-order valence-corrected chi connectivity index (χ4v) is 3.12. The third-order valence-corrected chi connectivity index (χ3v) is 5.23. The van der Waals surface area contributed by atoms with Crippen LogP contribution in [-0.2, 0) is 28.7 Å². The summed E-state index contributed by atoms with van der Waals surface area (Å²) in [4.78, 5) is 44.3. The first kappa shape index (κ1) is 31.3. The SMILES string of the molecule is C=CSC=C.COC(=O)C1=C(C)NC(C)=C(C(=O)O)C1.COC(=O)C1=C(C)NC(C)=C(C(=O)O)C1. The summed E-state index contributed by atoms with van der Waals surface area (Å²) >= 11 is 1.49. The minimum Gasteiger partial charge on any atom is -0.478 e. The number of carbonyl (C=O) groups is 4. The largest absolute Gasteiger partial charge is 0.478 e. The molecule has 0 unspecified atom stereocenters. The van der Waals surface area contributed by atoms with Crippen LogP contribution in [0.1, 0.15) is 40.5 Å². The van der Waals surface area contributed by atoms with Crippen molar-refractivity contribution in [1.29, 1.82) is 0 Å². The Morgan fingerprint density at radius 3 is 1.20 bits per heavy atom. The number of aliphatic carboxylic acids is 2. The molecule has 0 aromatic rings. The fraction of sp³-hybridized carbons (Fsp3) is 0.333. The van der Waals surface area contributed by atoms with E-state index in [-0.39, 0.29) is 24.0 Å². The Hall–Kier alpha value is -3.73. The van der Waals surface area contributed by atoms with E-state index in [9.17, 15) is 19.2 Å². The Labute approximate surface area is 209 Å². The fourth-order valence-electron chi connectivity index (χ4n) is 2.99. The van der Waals surface area contributed by atoms with Crippen molar-refractivity contribution >= 4 is 35.6 Å². The number of methoxy groups -OCH3 is 2. The van der Waals surface area contributed by atoms with Gasteiger partial charge in [0, 0.05) is 35.6 Å². The van der Waals surface area contributed by atoms with Gasteiger partial charge < -0.3 is 30.3 Å². The van der Waals surface area contributed by atoms with Crippen LogP contribution in [0.15, 0.2) is 69.1 Å². The molecule has 2 rings (SSSR count). The topological polar surface area (TPSA) is 151 Å². The van der Waals surface area contributed by atoms with Crippen LogP contribution in [0, 0.1) is 0 Å². The zero-order chi connectivity index (χ0) is 27.3. The molecule has 0 bridgehead atoms. The third-order valence-electron chi connectivity index (χ3n) is 4.84. The molecule has 0 aromatic heterocycles. The van der Waals surface area contributed by atoms with Gasteiger partial charge in [-0.05, 0) is 38.5 Å². The van der Waals surface area contributed by atoms with Gasteiger partial charge in [0.25, 0.3) is 0 Å². The zero-order valence-electron chi connectivity index (χ0n) is 20.7. The van der Waals surface area contributed by atoms with Crippen LogP contribution in [0.4, 0.5) is 0 Å². The molecule has 2 aliphatic heterocycles. The number of rotatable bonds is 6. The molecular weight excluding hydrogens is 476 g/mol. The zero-order valence-corrected chi connectivity index (χ0v) is 21.6. The summed E-state index contributed by atoms with van der Waals surface area (Å²) in [5.41, 5.74) is 3.53. The highest BCUT2D eigenvalue weighted by atomic mass is 32.2. The molecule has 2 aliphatic rings. The highest BCUT2D eigenvalue weighted by Crippen LogP contribution is 2.24. The lowest BCUT2D eigenvalue weighted by Crippen LogP contribution is -2.25. The molecule has 2 heterocycles. The van der Waals surface area contributed by atoms with Gasteiger partial charge in [-0.3, -0.25) is 0 Å². The maximum Gasteiger partial charge on any atom is 0.335 e. The first-order valence-electron chi connectivity index (χ1n) is 10.2. The number of dihydropyridines is 2. The number of carboxylic acid groups (broad SMARTS) is 2. The second-order valence-electron chi connectivity index (χ2n) is 7.08. The van der Waals surface area contributed by atoms with E-state index < -0.39 is 23.9 Å². The van der Waals surface area contributed by atoms with Crippen molar-refractivity contribution in [2.45, 2.75) is 40.5 Å². The molecule has 0 aromatic carbocycles. The average Bonchev–Trinajstić information content (AvgIpc) is 2.79. The average molecular weight is 509 g/mol. The first-order chi connectivity index (χ1) is 16.4. The van der Waals surface area contributed by atoms with Gasteiger partial charge in [-0.15, -0.1) is 11.8 Å². The Bertz CT molecular complexity index is 939. The maximum absolute atomic E-state index is 11.3. The van der Waals surface area contributed by atoms with E-state index in [0.717, 1.165) is 0 Å². The molecule has 0 amide bonds. The van der Waals surface area contributed by atoms with Gasteiger partial charge in [-0.1, -0.05) is 13.2 Å². The molecule has 0 spiro atoms. The molecule has 0 fully saturated rings. The van der Waals surface area contributed by atoms with Gasteiger partial charge in [0.15, 0.2) is 0 Å². The van der Waals surface area contributed by atoms with Crippen molar-refractivity contribution in [3.63, 3.8) is 0 Å². The third kappa shape index (κ3) is 9.57. The van der Waals surface area contributed by atoms with Crippen LogP contribution in [-0.4, -0.2) is 48.3 Å². The van der Waals surface area contributed by atoms with Crippen molar-refractivity contribution in [3.05, 3.63) is 69.1 Å². The minimum absolute atomic E-state index is 0.104. The Morgan fingerprint density at radius 2 is 1.00 bits per heavy atom. The summed E-state index contributed by atoms with van der Waals surface area (Å²) in [6, 6.07) is 0. The lowest BCUT2D eigenvalue weighted by Gasteiger charge is -2.20. The van der Waals surface area contributed by atoms with Crippen molar-refractivity contribution in [2.75, 3.05) is 14.2 Å². The van der Waals surface area contributed by atoms with Gasteiger partial charge in [0.05, 0.1) is 36.5 Å². The van der Waals surface area contributed by atoms with E-state index in [1.165, 1.54) is 26.0 Å². The van der Waals surface area contributed by atoms with E-state index in [4.69, 9.17) is 10.2 Å². The normalized spacial score (nSPS) is 14.8. The predicted molar refractivity (Wildman–Crippen MR) is 134 cm³/mol. The van der Waals surface area contributed by atoms with Crippen LogP contribution >= 0.6 is 11.8 Å². The number of allylic oxidation sites excluding steroid dienone is 4. The van der Waals surface area contributed by atoms with E-state index in [1.807, 2.05) is 0 Å². The molecule has 35 heavy (non-hydrogen) atoms. The molecule has 0 aliphatic carbocycles. The van der Waals surface area contributed by atoms with Gasteiger partial charge in [-0.25, -0.2) is 19.2 Å². The lowest BCUT2D eigenvalue weighted by atomic mass is 9.98. The Morgan fingerprint density at radius 1 is 0.714 bits per heavy atom. The number of ether oxygens (including phenoxy) is 2. The smallest absolute Gasteiger partial charge is 0.335 e. The summed E-state index contributed by atoms with van der Waals surface area (Å²) in [6.07, 6.45) is 0.208. The first-order valence-corrected chi connectivity index (χ1v) is 11.1. The van der Waals surface area contributed by atoms with Crippen molar-refractivity contribution in [1.82, 2.24) is 10.6 Å². The molecule has 0 atom stereocenters. The number of thioether (sulfide) groups is 1. The molecule has 10 nitrogen and oxygen atoms in total. The number of nitrogens with one attached hydrogen (secondary N) is 2. The van der Waals surface area contributed by atoms with Crippen LogP contribution in [0.25, 0.3) is 0 Å². The van der Waals surface area contributed by atoms with Gasteiger partial charge in [0.2, 0.25) is 0 Å². The second kappa shape index (κ2) is 15.2. The molecule has 0 radical (unpaired) electrons. The highest BCUT2D eigenvalue weighted by molar-refractivity contribution is 8.04. The van der Waals surface area contributed by atoms with Crippen LogP contribution < -0.4 is 10.6 Å².